The van der Waals surface area contributed by atoms with Gasteiger partial charge in [-0.1, -0.05) is 6.07 Å². The summed E-state index contributed by atoms with van der Waals surface area (Å²) in [5.74, 6) is -1.85. The Balaban J connectivity index is 2.24. The van der Waals surface area contributed by atoms with Gasteiger partial charge in [-0.25, -0.2) is 13.6 Å². The number of nitrogens with one attached hydrogen (secondary N) is 1. The molecule has 1 saturated heterocycles. The average molecular weight is 199 g/mol. The fraction of sp³-hybridized carbons (Fsp3) is 0.222. The molecule has 0 spiro atoms. The lowest BCUT2D eigenvalue weighted by Crippen LogP contribution is -2.12. The van der Waals surface area contributed by atoms with Gasteiger partial charge in [0, 0.05) is 0 Å². The van der Waals surface area contributed by atoms with Crippen molar-refractivity contribution in [3.05, 3.63) is 35.4 Å². The van der Waals surface area contributed by atoms with Crippen LogP contribution in [0.4, 0.5) is 13.6 Å². The van der Waals surface area contributed by atoms with E-state index in [1.807, 2.05) is 0 Å². The molecule has 1 aromatic carbocycles. The van der Waals surface area contributed by atoms with Gasteiger partial charge >= 0.3 is 6.09 Å². The Morgan fingerprint density at radius 1 is 1.36 bits per heavy atom. The minimum atomic E-state index is -0.939. The number of cyclic esters (lactones) is 1. The zero-order valence-corrected chi connectivity index (χ0v) is 7.09. The first-order chi connectivity index (χ1) is 6.66. The number of benzene rings is 1. The second kappa shape index (κ2) is 3.25. The molecule has 14 heavy (non-hydrogen) atoms. The number of hydrogen-bond donors (Lipinski definition) is 1. The van der Waals surface area contributed by atoms with Crippen molar-refractivity contribution in [2.45, 2.75) is 6.10 Å². The number of hydrogen-bond acceptors (Lipinski definition) is 2. The molecule has 0 bridgehead atoms. The van der Waals surface area contributed by atoms with E-state index in [1.165, 1.54) is 6.07 Å². The Labute approximate surface area is 78.7 Å². The average Bonchev–Trinajstić information content (AvgIpc) is 2.57. The summed E-state index contributed by atoms with van der Waals surface area (Å²) in [4.78, 5) is 10.7. The highest BCUT2D eigenvalue weighted by molar-refractivity contribution is 5.69. The molecule has 1 aliphatic rings. The van der Waals surface area contributed by atoms with Crippen molar-refractivity contribution in [1.29, 1.82) is 0 Å². The Hall–Kier alpha value is -1.65. The molecule has 1 fully saturated rings. The van der Waals surface area contributed by atoms with Crippen molar-refractivity contribution in [2.75, 3.05) is 6.54 Å². The Morgan fingerprint density at radius 3 is 2.71 bits per heavy atom. The lowest BCUT2D eigenvalue weighted by molar-refractivity contribution is 0.141. The van der Waals surface area contributed by atoms with Gasteiger partial charge in [0.1, 0.15) is 6.10 Å². The number of rotatable bonds is 1. The molecule has 0 radical (unpaired) electrons. The summed E-state index contributed by atoms with van der Waals surface area (Å²) < 4.78 is 30.2. The van der Waals surface area contributed by atoms with E-state index >= 15 is 0 Å². The van der Waals surface area contributed by atoms with E-state index in [4.69, 9.17) is 4.74 Å². The Bertz CT molecular complexity index is 381. The minimum Gasteiger partial charge on any atom is -0.439 e. The molecule has 0 unspecified atom stereocenters. The highest BCUT2D eigenvalue weighted by atomic mass is 19.2. The number of carbonyl (C=O) groups excluding carboxylic acids is 1. The minimum absolute atomic E-state index is 0.282. The fourth-order valence-corrected chi connectivity index (χ4v) is 1.29. The van der Waals surface area contributed by atoms with Gasteiger partial charge in [-0.3, -0.25) is 0 Å². The molecule has 1 amide bonds. The van der Waals surface area contributed by atoms with Gasteiger partial charge in [0.2, 0.25) is 0 Å². The second-order valence-corrected chi connectivity index (χ2v) is 2.95. The normalized spacial score (nSPS) is 20.4. The number of ether oxygens (including phenoxy) is 1. The van der Waals surface area contributed by atoms with E-state index in [-0.39, 0.29) is 6.54 Å². The summed E-state index contributed by atoms with van der Waals surface area (Å²) in [6.07, 6.45) is -1.07. The largest absolute Gasteiger partial charge is 0.439 e. The molecule has 1 N–H and O–H groups in total. The smallest absolute Gasteiger partial charge is 0.407 e. The number of alkyl carbamates (subject to hydrolysis) is 1. The monoisotopic (exact) mass is 199 g/mol. The van der Waals surface area contributed by atoms with Crippen LogP contribution in [0.15, 0.2) is 18.2 Å². The SMILES string of the molecule is O=C1NC[C@@H](c2ccc(F)c(F)c2)O1. The number of amides is 1. The van der Waals surface area contributed by atoms with E-state index in [1.54, 1.807) is 0 Å². The molecule has 0 aromatic heterocycles. The predicted octanol–water partition coefficient (Wildman–Crippen LogP) is 1.75. The van der Waals surface area contributed by atoms with Gasteiger partial charge in [-0.2, -0.15) is 0 Å². The van der Waals surface area contributed by atoms with Crippen LogP contribution >= 0.6 is 0 Å². The fourth-order valence-electron chi connectivity index (χ4n) is 1.29. The van der Waals surface area contributed by atoms with Crippen LogP contribution in [0.3, 0.4) is 0 Å². The van der Waals surface area contributed by atoms with Crippen LogP contribution in [-0.4, -0.2) is 12.6 Å². The number of carbonyl (C=O) groups is 1. The van der Waals surface area contributed by atoms with Gasteiger partial charge in [-0.05, 0) is 17.7 Å². The van der Waals surface area contributed by atoms with Crippen LogP contribution in [0.2, 0.25) is 0 Å². The van der Waals surface area contributed by atoms with Crippen LogP contribution in [-0.2, 0) is 4.74 Å². The van der Waals surface area contributed by atoms with Crippen LogP contribution in [0.25, 0.3) is 0 Å². The van der Waals surface area contributed by atoms with Crippen molar-refractivity contribution in [1.82, 2.24) is 5.32 Å². The Kier molecular flexibility index (Phi) is 2.07. The third-order valence-corrected chi connectivity index (χ3v) is 2.00. The van der Waals surface area contributed by atoms with Crippen molar-refractivity contribution in [3.63, 3.8) is 0 Å². The first-order valence-corrected chi connectivity index (χ1v) is 4.06. The van der Waals surface area contributed by atoms with E-state index in [9.17, 15) is 13.6 Å². The first-order valence-electron chi connectivity index (χ1n) is 4.06. The quantitative estimate of drug-likeness (QED) is 0.748. The van der Waals surface area contributed by atoms with Crippen molar-refractivity contribution in [3.8, 4) is 0 Å². The maximum atomic E-state index is 12.8. The predicted molar refractivity (Wildman–Crippen MR) is 43.6 cm³/mol. The highest BCUT2D eigenvalue weighted by Gasteiger charge is 2.24. The summed E-state index contributed by atoms with van der Waals surface area (Å²) in [5, 5.41) is 2.42. The third-order valence-electron chi connectivity index (χ3n) is 2.00. The van der Waals surface area contributed by atoms with Crippen LogP contribution in [0.1, 0.15) is 11.7 Å². The van der Waals surface area contributed by atoms with E-state index < -0.39 is 23.8 Å². The Morgan fingerprint density at radius 2 is 2.14 bits per heavy atom. The van der Waals surface area contributed by atoms with Gasteiger partial charge in [0.15, 0.2) is 11.6 Å². The molecule has 1 aliphatic heterocycles. The van der Waals surface area contributed by atoms with E-state index in [0.29, 0.717) is 5.56 Å². The van der Waals surface area contributed by atoms with Gasteiger partial charge < -0.3 is 10.1 Å². The maximum Gasteiger partial charge on any atom is 0.407 e. The zero-order valence-electron chi connectivity index (χ0n) is 7.09. The van der Waals surface area contributed by atoms with Crippen LogP contribution in [0, 0.1) is 11.6 Å². The summed E-state index contributed by atoms with van der Waals surface area (Å²) in [5.41, 5.74) is 0.447. The topological polar surface area (TPSA) is 38.3 Å². The summed E-state index contributed by atoms with van der Waals surface area (Å²) in [7, 11) is 0. The van der Waals surface area contributed by atoms with E-state index in [2.05, 4.69) is 5.32 Å². The van der Waals surface area contributed by atoms with Crippen molar-refractivity contribution >= 4 is 6.09 Å². The molecule has 0 aliphatic carbocycles. The van der Waals surface area contributed by atoms with Gasteiger partial charge in [0.05, 0.1) is 6.54 Å². The van der Waals surface area contributed by atoms with Gasteiger partial charge in [-0.15, -0.1) is 0 Å². The van der Waals surface area contributed by atoms with Crippen molar-refractivity contribution in [2.24, 2.45) is 0 Å². The summed E-state index contributed by atoms with van der Waals surface area (Å²) in [6, 6.07) is 3.43. The molecule has 74 valence electrons. The molecule has 5 heteroatoms. The molecule has 1 aromatic rings. The lowest BCUT2D eigenvalue weighted by Gasteiger charge is -2.07. The summed E-state index contributed by atoms with van der Waals surface area (Å²) >= 11 is 0. The maximum absolute atomic E-state index is 12.8. The molecule has 1 atom stereocenters. The highest BCUT2D eigenvalue weighted by Crippen LogP contribution is 2.22. The summed E-state index contributed by atoms with van der Waals surface area (Å²) in [6.45, 7) is 0.282. The number of halogens is 2. The molecule has 1 heterocycles. The lowest BCUT2D eigenvalue weighted by atomic mass is 10.1. The first kappa shape index (κ1) is 8.93. The van der Waals surface area contributed by atoms with Crippen LogP contribution < -0.4 is 5.32 Å². The molecule has 0 saturated carbocycles. The van der Waals surface area contributed by atoms with Crippen LogP contribution in [0.5, 0.6) is 0 Å². The van der Waals surface area contributed by atoms with Gasteiger partial charge in [0.25, 0.3) is 0 Å². The van der Waals surface area contributed by atoms with Crippen molar-refractivity contribution < 1.29 is 18.3 Å². The standard InChI is InChI=1S/C9H7F2NO2/c10-6-2-1-5(3-7(6)11)8-4-12-9(13)14-8/h1-3,8H,4H2,(H,12,13)/t8-/m0/s1. The molecular weight excluding hydrogens is 192 g/mol. The molecular formula is C9H7F2NO2. The third kappa shape index (κ3) is 1.53. The molecule has 2 rings (SSSR count). The molecule has 3 nitrogen and oxygen atoms in total. The van der Waals surface area contributed by atoms with E-state index in [0.717, 1.165) is 12.1 Å². The second-order valence-electron chi connectivity index (χ2n) is 2.95. The zero-order chi connectivity index (χ0) is 10.1.